The van der Waals surface area contributed by atoms with E-state index in [1.807, 2.05) is 4.90 Å². The van der Waals surface area contributed by atoms with Gasteiger partial charge < -0.3 is 15.3 Å². The van der Waals surface area contributed by atoms with Gasteiger partial charge in [-0.1, -0.05) is 6.42 Å². The normalized spacial score (nSPS) is 29.9. The minimum Gasteiger partial charge on any atom is -0.396 e. The Morgan fingerprint density at radius 1 is 1.25 bits per heavy atom. The molecule has 4 heteroatoms. The Bertz CT molecular complexity index is 239. The van der Waals surface area contributed by atoms with Gasteiger partial charge in [0.2, 0.25) is 5.91 Å². The lowest BCUT2D eigenvalue weighted by Gasteiger charge is -2.21. The van der Waals surface area contributed by atoms with Gasteiger partial charge >= 0.3 is 0 Å². The van der Waals surface area contributed by atoms with Crippen LogP contribution in [0.5, 0.6) is 0 Å². The molecule has 0 spiro atoms. The summed E-state index contributed by atoms with van der Waals surface area (Å²) >= 11 is 0. The van der Waals surface area contributed by atoms with E-state index in [1.54, 1.807) is 0 Å². The van der Waals surface area contributed by atoms with Gasteiger partial charge in [-0.2, -0.15) is 0 Å². The van der Waals surface area contributed by atoms with Crippen molar-refractivity contribution in [1.29, 1.82) is 0 Å². The molecule has 1 aliphatic heterocycles. The van der Waals surface area contributed by atoms with Crippen LogP contribution in [0.4, 0.5) is 0 Å². The zero-order valence-corrected chi connectivity index (χ0v) is 9.82. The van der Waals surface area contributed by atoms with Crippen molar-refractivity contribution in [3.05, 3.63) is 0 Å². The summed E-state index contributed by atoms with van der Waals surface area (Å²) in [6.45, 7) is 2.54. The van der Waals surface area contributed by atoms with Crippen LogP contribution in [0.3, 0.4) is 0 Å². The summed E-state index contributed by atoms with van der Waals surface area (Å²) in [5.74, 6) is 0.576. The number of nitrogens with one attached hydrogen (secondary N) is 1. The topological polar surface area (TPSA) is 52.6 Å². The van der Waals surface area contributed by atoms with Crippen molar-refractivity contribution in [3.8, 4) is 0 Å². The first-order valence-electron chi connectivity index (χ1n) is 6.43. The van der Waals surface area contributed by atoms with Crippen LogP contribution in [-0.2, 0) is 4.79 Å². The van der Waals surface area contributed by atoms with E-state index in [2.05, 4.69) is 5.32 Å². The number of hydrogen-bond donors (Lipinski definition) is 2. The molecule has 92 valence electrons. The van der Waals surface area contributed by atoms with Crippen LogP contribution in [-0.4, -0.2) is 48.2 Å². The van der Waals surface area contributed by atoms with Crippen molar-refractivity contribution in [2.45, 2.75) is 38.1 Å². The maximum atomic E-state index is 11.8. The third-order valence-corrected chi connectivity index (χ3v) is 3.87. The highest BCUT2D eigenvalue weighted by Crippen LogP contribution is 2.24. The second kappa shape index (κ2) is 5.64. The fraction of sp³-hybridized carbons (Fsp3) is 0.917. The molecule has 2 rings (SSSR count). The zero-order chi connectivity index (χ0) is 11.4. The third kappa shape index (κ3) is 2.74. The molecule has 2 unspecified atom stereocenters. The molecule has 2 N–H and O–H groups in total. The van der Waals surface area contributed by atoms with E-state index in [1.165, 1.54) is 6.42 Å². The fourth-order valence-electron chi connectivity index (χ4n) is 2.82. The molecule has 1 saturated carbocycles. The van der Waals surface area contributed by atoms with E-state index in [-0.39, 0.29) is 12.5 Å². The first-order chi connectivity index (χ1) is 7.81. The Labute approximate surface area is 97.0 Å². The lowest BCUT2D eigenvalue weighted by molar-refractivity contribution is -0.129. The highest BCUT2D eigenvalue weighted by molar-refractivity contribution is 5.78. The molecular formula is C12H22N2O2. The average molecular weight is 226 g/mol. The minimum atomic E-state index is 0.223. The van der Waals surface area contributed by atoms with Crippen LogP contribution in [0.15, 0.2) is 0 Å². The van der Waals surface area contributed by atoms with Gasteiger partial charge in [-0.15, -0.1) is 0 Å². The second-order valence-corrected chi connectivity index (χ2v) is 4.95. The maximum Gasteiger partial charge on any atom is 0.236 e. The Kier molecular flexibility index (Phi) is 4.18. The molecule has 2 aliphatic rings. The van der Waals surface area contributed by atoms with Crippen molar-refractivity contribution in [2.75, 3.05) is 26.2 Å². The monoisotopic (exact) mass is 226 g/mol. The van der Waals surface area contributed by atoms with Crippen LogP contribution in [0.1, 0.15) is 32.1 Å². The molecule has 2 fully saturated rings. The first kappa shape index (κ1) is 11.9. The van der Waals surface area contributed by atoms with Crippen LogP contribution >= 0.6 is 0 Å². The number of carbonyl (C=O) groups excluding carboxylic acids is 1. The Balaban J connectivity index is 1.71. The average Bonchev–Trinajstić information content (AvgIpc) is 2.96. The van der Waals surface area contributed by atoms with Gasteiger partial charge in [0.15, 0.2) is 0 Å². The van der Waals surface area contributed by atoms with Gasteiger partial charge in [0.05, 0.1) is 6.54 Å². The predicted octanol–water partition coefficient (Wildman–Crippen LogP) is 0.359. The quantitative estimate of drug-likeness (QED) is 0.728. The molecule has 1 saturated heterocycles. The van der Waals surface area contributed by atoms with Crippen molar-refractivity contribution < 1.29 is 9.90 Å². The van der Waals surface area contributed by atoms with Gasteiger partial charge in [0, 0.05) is 25.7 Å². The Morgan fingerprint density at radius 3 is 2.69 bits per heavy atom. The van der Waals surface area contributed by atoms with Crippen molar-refractivity contribution in [3.63, 3.8) is 0 Å². The van der Waals surface area contributed by atoms with E-state index in [0.717, 1.165) is 38.8 Å². The van der Waals surface area contributed by atoms with Gasteiger partial charge in [-0.25, -0.2) is 0 Å². The van der Waals surface area contributed by atoms with Gasteiger partial charge in [0.1, 0.15) is 0 Å². The molecule has 1 aliphatic carbocycles. The molecule has 0 aromatic carbocycles. The summed E-state index contributed by atoms with van der Waals surface area (Å²) in [5.41, 5.74) is 0. The SMILES string of the molecule is O=C(CNC1CCCC1CO)N1CCCC1. The van der Waals surface area contributed by atoms with Crippen LogP contribution < -0.4 is 5.32 Å². The van der Waals surface area contributed by atoms with Gasteiger partial charge in [-0.3, -0.25) is 4.79 Å². The number of aliphatic hydroxyl groups excluding tert-OH is 1. The minimum absolute atomic E-state index is 0.223. The highest BCUT2D eigenvalue weighted by atomic mass is 16.3. The molecule has 0 radical (unpaired) electrons. The molecule has 1 amide bonds. The van der Waals surface area contributed by atoms with Crippen LogP contribution in [0, 0.1) is 5.92 Å². The number of nitrogens with zero attached hydrogens (tertiary/aromatic N) is 1. The van der Waals surface area contributed by atoms with Gasteiger partial charge in [-0.05, 0) is 31.6 Å². The molecule has 2 atom stereocenters. The molecule has 16 heavy (non-hydrogen) atoms. The lowest BCUT2D eigenvalue weighted by atomic mass is 10.1. The van der Waals surface area contributed by atoms with Crippen LogP contribution in [0.25, 0.3) is 0 Å². The molecule has 1 heterocycles. The van der Waals surface area contributed by atoms with Crippen molar-refractivity contribution >= 4 is 5.91 Å². The number of carbonyl (C=O) groups is 1. The maximum absolute atomic E-state index is 11.8. The van der Waals surface area contributed by atoms with Crippen molar-refractivity contribution in [2.24, 2.45) is 5.92 Å². The van der Waals surface area contributed by atoms with E-state index in [4.69, 9.17) is 0 Å². The van der Waals surface area contributed by atoms with Gasteiger partial charge in [0.25, 0.3) is 0 Å². The molecule has 0 aromatic rings. The van der Waals surface area contributed by atoms with E-state index in [0.29, 0.717) is 18.5 Å². The molecular weight excluding hydrogens is 204 g/mol. The number of rotatable bonds is 4. The summed E-state index contributed by atoms with van der Waals surface area (Å²) < 4.78 is 0. The zero-order valence-electron chi connectivity index (χ0n) is 9.82. The number of amides is 1. The summed E-state index contributed by atoms with van der Waals surface area (Å²) in [7, 11) is 0. The number of hydrogen-bond acceptors (Lipinski definition) is 3. The number of likely N-dealkylation sites (tertiary alicyclic amines) is 1. The number of aliphatic hydroxyl groups is 1. The molecule has 0 aromatic heterocycles. The second-order valence-electron chi connectivity index (χ2n) is 4.95. The summed E-state index contributed by atoms with van der Waals surface area (Å²) in [5, 5.41) is 12.5. The Hall–Kier alpha value is -0.610. The van der Waals surface area contributed by atoms with E-state index >= 15 is 0 Å². The fourth-order valence-corrected chi connectivity index (χ4v) is 2.82. The largest absolute Gasteiger partial charge is 0.396 e. The Morgan fingerprint density at radius 2 is 2.00 bits per heavy atom. The van der Waals surface area contributed by atoms with Crippen molar-refractivity contribution in [1.82, 2.24) is 10.2 Å². The third-order valence-electron chi connectivity index (χ3n) is 3.87. The molecule has 4 nitrogen and oxygen atoms in total. The summed E-state index contributed by atoms with van der Waals surface area (Å²) in [6.07, 6.45) is 5.65. The van der Waals surface area contributed by atoms with Crippen LogP contribution in [0.2, 0.25) is 0 Å². The summed E-state index contributed by atoms with van der Waals surface area (Å²) in [6, 6.07) is 0.344. The predicted molar refractivity (Wildman–Crippen MR) is 62.0 cm³/mol. The highest BCUT2D eigenvalue weighted by Gasteiger charge is 2.27. The van der Waals surface area contributed by atoms with E-state index in [9.17, 15) is 9.90 Å². The van der Waals surface area contributed by atoms with E-state index < -0.39 is 0 Å². The smallest absolute Gasteiger partial charge is 0.236 e. The summed E-state index contributed by atoms with van der Waals surface area (Å²) in [4.78, 5) is 13.7. The molecule has 0 bridgehead atoms. The standard InChI is InChI=1S/C12H22N2O2/c15-9-10-4-3-5-11(10)13-8-12(16)14-6-1-2-7-14/h10-11,13,15H,1-9H2. The lowest BCUT2D eigenvalue weighted by Crippen LogP contribution is -2.42. The first-order valence-corrected chi connectivity index (χ1v) is 6.43.